The fraction of sp³-hybridized carbons (Fsp3) is 0. The molecule has 1 aliphatic rings. The first kappa shape index (κ1) is 24.1. The van der Waals surface area contributed by atoms with Gasteiger partial charge >= 0.3 is 0 Å². The van der Waals surface area contributed by atoms with Gasteiger partial charge in [0.15, 0.2) is 12.0 Å². The van der Waals surface area contributed by atoms with Crippen LogP contribution in [0.3, 0.4) is 0 Å². The Morgan fingerprint density at radius 1 is 1.09 bits per heavy atom. The first-order chi connectivity index (χ1) is 16.3. The molecule has 0 saturated heterocycles. The molecule has 0 fully saturated rings. The van der Waals surface area contributed by atoms with Gasteiger partial charge in [0, 0.05) is 30.5 Å². The Bertz CT molecular complexity index is 1370. The van der Waals surface area contributed by atoms with Gasteiger partial charge in [0.25, 0.3) is 5.69 Å². The molecule has 168 valence electrons. The molecule has 0 radical (unpaired) electrons. The molecular formula is C23H13Cl2N5O4. The molecule has 0 bridgehead atoms. The van der Waals surface area contributed by atoms with Crippen LogP contribution in [0.4, 0.5) is 5.69 Å². The third kappa shape index (κ3) is 4.76. The smallest absolute Gasteiger partial charge is 0.269 e. The summed E-state index contributed by atoms with van der Waals surface area (Å²) in [4.78, 5) is 16.7. The molecular weight excluding hydrogens is 481 g/mol. The van der Waals surface area contributed by atoms with Gasteiger partial charge in [-0.1, -0.05) is 29.0 Å². The van der Waals surface area contributed by atoms with E-state index < -0.39 is 37.6 Å². The number of nitrogens with one attached hydrogen (secondary N) is 2. The Morgan fingerprint density at radius 3 is 2.26 bits per heavy atom. The van der Waals surface area contributed by atoms with E-state index in [1.54, 1.807) is 12.1 Å². The number of rotatable bonds is 3. The van der Waals surface area contributed by atoms with Crippen LogP contribution in [-0.4, -0.2) is 21.2 Å². The van der Waals surface area contributed by atoms with Gasteiger partial charge in [-0.2, -0.15) is 10.5 Å². The Morgan fingerprint density at radius 2 is 1.76 bits per heavy atom. The Kier molecular flexibility index (Phi) is 7.34. The Labute approximate surface area is 202 Å². The number of non-ortho nitro benzene ring substituents is 1. The number of nitro groups is 1. The summed E-state index contributed by atoms with van der Waals surface area (Å²) in [6.07, 6.45) is 7.59. The average Bonchev–Trinajstić information content (AvgIpc) is 3.56. The summed E-state index contributed by atoms with van der Waals surface area (Å²) >= 11 is 10.9. The van der Waals surface area contributed by atoms with E-state index in [1.807, 2.05) is 36.7 Å². The molecule has 2 heterocycles. The number of phenols is 1. The molecule has 0 amide bonds. The monoisotopic (exact) mass is 493 g/mol. The second-order valence-electron chi connectivity index (χ2n) is 6.63. The maximum atomic E-state index is 11.3. The van der Waals surface area contributed by atoms with Gasteiger partial charge in [0.05, 0.1) is 26.8 Å². The zero-order chi connectivity index (χ0) is 24.8. The van der Waals surface area contributed by atoms with Gasteiger partial charge in [-0.3, -0.25) is 10.1 Å². The standard InChI is InChI=1S/C15H11N3O2.C8H2Cl2N2O2/c19-18(20)12-7-5-11(6-8-12)15(13-3-1-9-16-13)14-4-2-10-17-14;9-5-6(10)8(14)4(2-12)3(1-11)7(5)13/h1-10,16H;13-14H/b15-14-;. The maximum absolute atomic E-state index is 11.3. The molecule has 3 aromatic rings. The molecule has 1 aliphatic heterocycles. The van der Waals surface area contributed by atoms with E-state index in [9.17, 15) is 20.3 Å². The molecule has 4 rings (SSSR count). The van der Waals surface area contributed by atoms with Gasteiger partial charge in [0.1, 0.15) is 22.7 Å². The zero-order valence-corrected chi connectivity index (χ0v) is 18.6. The summed E-state index contributed by atoms with van der Waals surface area (Å²) in [6, 6.07) is 13.4. The van der Waals surface area contributed by atoms with Crippen molar-refractivity contribution >= 4 is 40.7 Å². The highest BCUT2D eigenvalue weighted by Crippen LogP contribution is 2.41. The van der Waals surface area contributed by atoms with Gasteiger partial charge in [-0.05, 0) is 29.8 Å². The SMILES string of the molecule is N#Cc1c([O-])c(Cl)c(Cl)c(O)c1C#N.O=[N+]([O-])c1ccc(/C(=C2\C=CC=[NH+]2)c2ccc[nH]2)cc1. The molecule has 0 spiro atoms. The molecule has 0 saturated carbocycles. The normalized spacial score (nSPS) is 12.9. The lowest BCUT2D eigenvalue weighted by atomic mass is 10.0. The quantitative estimate of drug-likeness (QED) is 0.374. The van der Waals surface area contributed by atoms with Crippen molar-refractivity contribution in [1.82, 2.24) is 4.98 Å². The number of aromatic hydroxyl groups is 1. The van der Waals surface area contributed by atoms with Gasteiger partial charge in [-0.25, -0.2) is 4.99 Å². The largest absolute Gasteiger partial charge is 0.871 e. The van der Waals surface area contributed by atoms with Crippen molar-refractivity contribution in [2.45, 2.75) is 0 Å². The number of allylic oxidation sites excluding steroid dienone is 2. The highest BCUT2D eigenvalue weighted by molar-refractivity contribution is 6.44. The van der Waals surface area contributed by atoms with E-state index in [2.05, 4.69) is 9.98 Å². The molecule has 3 N–H and O–H groups in total. The van der Waals surface area contributed by atoms with E-state index in [0.29, 0.717) is 0 Å². The van der Waals surface area contributed by atoms with Gasteiger partial charge < -0.3 is 15.2 Å². The van der Waals surface area contributed by atoms with Crippen molar-refractivity contribution in [2.24, 2.45) is 0 Å². The molecule has 34 heavy (non-hydrogen) atoms. The summed E-state index contributed by atoms with van der Waals surface area (Å²) in [7, 11) is 0. The average molecular weight is 494 g/mol. The fourth-order valence-corrected chi connectivity index (χ4v) is 3.41. The van der Waals surface area contributed by atoms with Crippen molar-refractivity contribution in [3.05, 3.63) is 103 Å². The maximum Gasteiger partial charge on any atom is 0.269 e. The number of halogens is 2. The van der Waals surface area contributed by atoms with Crippen LogP contribution in [0.15, 0.2) is 60.4 Å². The lowest BCUT2D eigenvalue weighted by Gasteiger charge is -2.14. The minimum atomic E-state index is -0.853. The molecule has 2 aromatic carbocycles. The zero-order valence-electron chi connectivity index (χ0n) is 17.0. The van der Waals surface area contributed by atoms with Crippen LogP contribution in [0.1, 0.15) is 22.4 Å². The summed E-state index contributed by atoms with van der Waals surface area (Å²) < 4.78 is 0. The van der Waals surface area contributed by atoms with Crippen molar-refractivity contribution < 1.29 is 20.1 Å². The Hall–Kier alpha value is -4.57. The van der Waals surface area contributed by atoms with E-state index in [1.165, 1.54) is 24.3 Å². The summed E-state index contributed by atoms with van der Waals surface area (Å²) in [6.45, 7) is 0. The number of benzene rings is 2. The number of nitriles is 2. The minimum absolute atomic E-state index is 0.0890. The first-order valence-electron chi connectivity index (χ1n) is 9.40. The van der Waals surface area contributed by atoms with Crippen LogP contribution >= 0.6 is 23.2 Å². The number of phenolic OH excluding ortho intramolecular Hbond substituents is 1. The van der Waals surface area contributed by atoms with Crippen LogP contribution in [0.2, 0.25) is 10.0 Å². The molecule has 9 nitrogen and oxygen atoms in total. The molecule has 0 atom stereocenters. The molecule has 0 aliphatic carbocycles. The number of nitro benzene ring substituents is 1. The van der Waals surface area contributed by atoms with Crippen molar-refractivity contribution in [3.63, 3.8) is 0 Å². The van der Waals surface area contributed by atoms with E-state index in [-0.39, 0.29) is 5.69 Å². The summed E-state index contributed by atoms with van der Waals surface area (Å²) in [5, 5.41) is 47.5. The number of hydrogen-bond acceptors (Lipinski definition) is 6. The van der Waals surface area contributed by atoms with Crippen molar-refractivity contribution in [1.29, 1.82) is 10.5 Å². The lowest BCUT2D eigenvalue weighted by Crippen LogP contribution is -2.64. The van der Waals surface area contributed by atoms with Crippen molar-refractivity contribution in [3.8, 4) is 23.6 Å². The number of aromatic amines is 1. The van der Waals surface area contributed by atoms with E-state index in [4.69, 9.17) is 33.7 Å². The number of aromatic nitrogens is 1. The first-order valence-corrected chi connectivity index (χ1v) is 10.2. The second-order valence-corrected chi connectivity index (χ2v) is 7.38. The second kappa shape index (κ2) is 10.4. The van der Waals surface area contributed by atoms with Gasteiger partial charge in [0.2, 0.25) is 5.70 Å². The molecule has 11 heteroatoms. The summed E-state index contributed by atoms with van der Waals surface area (Å²) in [5.74, 6) is -1.50. The van der Waals surface area contributed by atoms with E-state index >= 15 is 0 Å². The predicted octanol–water partition coefficient (Wildman–Crippen LogP) is 2.92. The predicted molar refractivity (Wildman–Crippen MR) is 123 cm³/mol. The van der Waals surface area contributed by atoms with E-state index in [0.717, 1.165) is 22.5 Å². The number of hydrogen-bond donors (Lipinski definition) is 3. The summed E-state index contributed by atoms with van der Waals surface area (Å²) in [5.41, 5.74) is 2.95. The minimum Gasteiger partial charge on any atom is -0.871 e. The van der Waals surface area contributed by atoms with Crippen molar-refractivity contribution in [2.75, 3.05) is 0 Å². The van der Waals surface area contributed by atoms with Crippen LogP contribution in [0.25, 0.3) is 5.57 Å². The third-order valence-electron chi connectivity index (χ3n) is 4.64. The Balaban J connectivity index is 0.000000204. The highest BCUT2D eigenvalue weighted by Gasteiger charge is 2.18. The van der Waals surface area contributed by atoms with Crippen LogP contribution in [0.5, 0.6) is 11.5 Å². The number of H-pyrrole nitrogens is 1. The topological polar surface area (TPSA) is 164 Å². The van der Waals surface area contributed by atoms with Crippen LogP contribution in [0, 0.1) is 32.8 Å². The molecule has 1 aromatic heterocycles. The van der Waals surface area contributed by atoms with Crippen LogP contribution in [-0.2, 0) is 0 Å². The number of nitrogens with zero attached hydrogens (tertiary/aromatic N) is 3. The van der Waals surface area contributed by atoms with Gasteiger partial charge in [-0.15, -0.1) is 0 Å². The fourth-order valence-electron chi connectivity index (χ4n) is 3.05. The molecule has 0 unspecified atom stereocenters. The third-order valence-corrected chi connectivity index (χ3v) is 5.46. The lowest BCUT2D eigenvalue weighted by molar-refractivity contribution is -0.384. The highest BCUT2D eigenvalue weighted by atomic mass is 35.5. The van der Waals surface area contributed by atoms with Crippen LogP contribution < -0.4 is 10.1 Å².